The Kier molecular flexibility index (Phi) is 6.06. The third-order valence-electron chi connectivity index (χ3n) is 4.36. The molecular formula is C18H27N3O3. The summed E-state index contributed by atoms with van der Waals surface area (Å²) in [6, 6.07) is 4.96. The normalized spacial score (nSPS) is 16.4. The first-order chi connectivity index (χ1) is 11.4. The molecule has 2 amide bonds. The van der Waals surface area contributed by atoms with E-state index in [0.717, 1.165) is 25.9 Å². The minimum absolute atomic E-state index is 0.0916. The third-order valence-corrected chi connectivity index (χ3v) is 4.36. The molecule has 2 N–H and O–H groups in total. The van der Waals surface area contributed by atoms with Crippen LogP contribution in [0.3, 0.4) is 0 Å². The van der Waals surface area contributed by atoms with Crippen LogP contribution in [0, 0.1) is 5.92 Å². The number of amides is 2. The Morgan fingerprint density at radius 3 is 2.54 bits per heavy atom. The van der Waals surface area contributed by atoms with Crippen LogP contribution < -0.4 is 15.4 Å². The van der Waals surface area contributed by atoms with Gasteiger partial charge in [0.2, 0.25) is 11.8 Å². The lowest BCUT2D eigenvalue weighted by atomic mass is 9.99. The number of hydrogen-bond acceptors (Lipinski definition) is 4. The monoisotopic (exact) mass is 333 g/mol. The van der Waals surface area contributed by atoms with E-state index in [1.54, 1.807) is 25.3 Å². The number of carbonyl (C=O) groups is 2. The minimum Gasteiger partial charge on any atom is -0.495 e. The van der Waals surface area contributed by atoms with Crippen LogP contribution in [0.25, 0.3) is 0 Å². The van der Waals surface area contributed by atoms with Crippen LogP contribution >= 0.6 is 0 Å². The standard InChI is InChI=1S/C18H27N3O3/c1-12-7-9-21(10-8-12)18(23)13(2)19-16-11-15(20-14(3)22)5-6-17(16)24-4/h5-6,11-13,19H,7-10H2,1-4H3,(H,20,22)/t13-/m1/s1. The molecule has 6 heteroatoms. The average molecular weight is 333 g/mol. The number of ether oxygens (including phenoxy) is 1. The second-order valence-corrected chi connectivity index (χ2v) is 6.47. The van der Waals surface area contributed by atoms with E-state index in [2.05, 4.69) is 17.6 Å². The maximum absolute atomic E-state index is 12.6. The molecule has 0 saturated carbocycles. The molecule has 1 aliphatic rings. The largest absolute Gasteiger partial charge is 0.495 e. The van der Waals surface area contributed by atoms with Crippen LogP contribution in [0.1, 0.15) is 33.6 Å². The van der Waals surface area contributed by atoms with Gasteiger partial charge in [-0.1, -0.05) is 6.92 Å². The molecule has 0 aromatic heterocycles. The molecule has 132 valence electrons. The van der Waals surface area contributed by atoms with Crippen molar-refractivity contribution in [1.29, 1.82) is 0 Å². The minimum atomic E-state index is -0.361. The predicted octanol–water partition coefficient (Wildman–Crippen LogP) is 2.71. The summed E-state index contributed by atoms with van der Waals surface area (Å²) in [5.74, 6) is 1.27. The van der Waals surface area contributed by atoms with Gasteiger partial charge >= 0.3 is 0 Å². The number of likely N-dealkylation sites (tertiary alicyclic amines) is 1. The third kappa shape index (κ3) is 4.63. The number of benzene rings is 1. The Morgan fingerprint density at radius 1 is 1.29 bits per heavy atom. The van der Waals surface area contributed by atoms with E-state index in [-0.39, 0.29) is 17.9 Å². The molecule has 0 radical (unpaired) electrons. The van der Waals surface area contributed by atoms with Gasteiger partial charge in [0.1, 0.15) is 11.8 Å². The van der Waals surface area contributed by atoms with Crippen molar-refractivity contribution < 1.29 is 14.3 Å². The Bertz CT molecular complexity index is 595. The topological polar surface area (TPSA) is 70.7 Å². The van der Waals surface area contributed by atoms with Crippen LogP contribution in [-0.4, -0.2) is 43.0 Å². The summed E-state index contributed by atoms with van der Waals surface area (Å²) >= 11 is 0. The fourth-order valence-corrected chi connectivity index (χ4v) is 2.90. The Labute approximate surface area is 143 Å². The highest BCUT2D eigenvalue weighted by Crippen LogP contribution is 2.29. The van der Waals surface area contributed by atoms with Gasteiger partial charge in [0.25, 0.3) is 0 Å². The van der Waals surface area contributed by atoms with Gasteiger partial charge in [-0.2, -0.15) is 0 Å². The van der Waals surface area contributed by atoms with Gasteiger partial charge < -0.3 is 20.3 Å². The molecule has 1 atom stereocenters. The molecule has 24 heavy (non-hydrogen) atoms. The molecule has 1 aliphatic heterocycles. The van der Waals surface area contributed by atoms with Gasteiger partial charge in [-0.05, 0) is 43.9 Å². The van der Waals surface area contributed by atoms with Crippen molar-refractivity contribution in [1.82, 2.24) is 4.90 Å². The van der Waals surface area contributed by atoms with Crippen LogP contribution in [0.15, 0.2) is 18.2 Å². The van der Waals surface area contributed by atoms with E-state index in [0.29, 0.717) is 23.0 Å². The first kappa shape index (κ1) is 18.1. The maximum Gasteiger partial charge on any atom is 0.244 e. The highest BCUT2D eigenvalue weighted by molar-refractivity contribution is 5.90. The fourth-order valence-electron chi connectivity index (χ4n) is 2.90. The molecule has 1 fully saturated rings. The zero-order valence-electron chi connectivity index (χ0n) is 14.9. The first-order valence-electron chi connectivity index (χ1n) is 8.41. The van der Waals surface area contributed by atoms with E-state index in [4.69, 9.17) is 4.74 Å². The van der Waals surface area contributed by atoms with Gasteiger partial charge in [-0.3, -0.25) is 9.59 Å². The van der Waals surface area contributed by atoms with Crippen molar-refractivity contribution >= 4 is 23.2 Å². The van der Waals surface area contributed by atoms with Crippen molar-refractivity contribution in [2.45, 2.75) is 39.7 Å². The van der Waals surface area contributed by atoms with Gasteiger partial charge in [0.05, 0.1) is 12.8 Å². The van der Waals surface area contributed by atoms with Crippen LogP contribution in [-0.2, 0) is 9.59 Å². The number of piperidine rings is 1. The number of methoxy groups -OCH3 is 1. The molecule has 0 unspecified atom stereocenters. The van der Waals surface area contributed by atoms with Gasteiger partial charge in [0.15, 0.2) is 0 Å². The second-order valence-electron chi connectivity index (χ2n) is 6.47. The number of carbonyl (C=O) groups excluding carboxylic acids is 2. The van der Waals surface area contributed by atoms with Crippen LogP contribution in [0.5, 0.6) is 5.75 Å². The predicted molar refractivity (Wildman–Crippen MR) is 95.4 cm³/mol. The lowest BCUT2D eigenvalue weighted by molar-refractivity contribution is -0.133. The summed E-state index contributed by atoms with van der Waals surface area (Å²) in [7, 11) is 1.58. The summed E-state index contributed by atoms with van der Waals surface area (Å²) in [5.41, 5.74) is 1.35. The lowest BCUT2D eigenvalue weighted by Crippen LogP contribution is -2.45. The fraction of sp³-hybridized carbons (Fsp3) is 0.556. The molecule has 0 bridgehead atoms. The van der Waals surface area contributed by atoms with Crippen LogP contribution in [0.2, 0.25) is 0 Å². The highest BCUT2D eigenvalue weighted by Gasteiger charge is 2.25. The average Bonchev–Trinajstić information content (AvgIpc) is 2.54. The van der Waals surface area contributed by atoms with E-state index in [9.17, 15) is 9.59 Å². The summed E-state index contributed by atoms with van der Waals surface area (Å²) in [6.07, 6.45) is 2.11. The highest BCUT2D eigenvalue weighted by atomic mass is 16.5. The molecule has 6 nitrogen and oxygen atoms in total. The molecule has 0 spiro atoms. The number of anilines is 2. The molecule has 1 saturated heterocycles. The van der Waals surface area contributed by atoms with Crippen LogP contribution in [0.4, 0.5) is 11.4 Å². The number of rotatable bonds is 5. The molecule has 1 heterocycles. The number of nitrogens with zero attached hydrogens (tertiary/aromatic N) is 1. The molecular weight excluding hydrogens is 306 g/mol. The van der Waals surface area contributed by atoms with Crippen molar-refractivity contribution in [2.75, 3.05) is 30.8 Å². The summed E-state index contributed by atoms with van der Waals surface area (Å²) in [5, 5.41) is 5.95. The Hall–Kier alpha value is -2.24. The van der Waals surface area contributed by atoms with Crippen molar-refractivity contribution in [2.24, 2.45) is 5.92 Å². The van der Waals surface area contributed by atoms with Crippen molar-refractivity contribution in [3.63, 3.8) is 0 Å². The molecule has 0 aliphatic carbocycles. The SMILES string of the molecule is COc1ccc(NC(C)=O)cc1N[C@H](C)C(=O)N1CCC(C)CC1. The summed E-state index contributed by atoms with van der Waals surface area (Å²) in [6.45, 7) is 7.16. The van der Waals surface area contributed by atoms with Gasteiger partial charge in [-0.25, -0.2) is 0 Å². The Balaban J connectivity index is 2.07. The summed E-state index contributed by atoms with van der Waals surface area (Å²) < 4.78 is 5.35. The van der Waals surface area contributed by atoms with Gasteiger partial charge in [0, 0.05) is 25.7 Å². The Morgan fingerprint density at radius 2 is 1.96 bits per heavy atom. The second kappa shape index (κ2) is 8.04. The molecule has 1 aromatic rings. The molecule has 1 aromatic carbocycles. The quantitative estimate of drug-likeness (QED) is 0.869. The van der Waals surface area contributed by atoms with Gasteiger partial charge in [-0.15, -0.1) is 0 Å². The zero-order chi connectivity index (χ0) is 17.7. The molecule has 2 rings (SSSR count). The smallest absolute Gasteiger partial charge is 0.244 e. The number of nitrogens with one attached hydrogen (secondary N) is 2. The van der Waals surface area contributed by atoms with Crippen molar-refractivity contribution in [3.8, 4) is 5.75 Å². The van der Waals surface area contributed by atoms with E-state index < -0.39 is 0 Å². The maximum atomic E-state index is 12.6. The zero-order valence-corrected chi connectivity index (χ0v) is 14.9. The van der Waals surface area contributed by atoms with E-state index in [1.807, 2.05) is 11.8 Å². The first-order valence-corrected chi connectivity index (χ1v) is 8.41. The van der Waals surface area contributed by atoms with Crippen molar-refractivity contribution in [3.05, 3.63) is 18.2 Å². The van der Waals surface area contributed by atoms with E-state index in [1.165, 1.54) is 6.92 Å². The summed E-state index contributed by atoms with van der Waals surface area (Å²) in [4.78, 5) is 25.8. The lowest BCUT2D eigenvalue weighted by Gasteiger charge is -2.32. The number of hydrogen-bond donors (Lipinski definition) is 2. The van der Waals surface area contributed by atoms with E-state index >= 15 is 0 Å².